The van der Waals surface area contributed by atoms with Gasteiger partial charge in [-0.15, -0.1) is 0 Å². The molecular formula is C20H27N5O3S. The maximum Gasteiger partial charge on any atom is 0.243 e. The van der Waals surface area contributed by atoms with Gasteiger partial charge in [-0.05, 0) is 38.0 Å². The first kappa shape index (κ1) is 20.1. The fourth-order valence-corrected chi connectivity index (χ4v) is 5.30. The Morgan fingerprint density at radius 2 is 2.00 bits per heavy atom. The normalized spacial score (nSPS) is 20.8. The number of fused-ring (bicyclic) bond motifs is 1. The number of sulfonamides is 1. The molecule has 1 aromatic heterocycles. The van der Waals surface area contributed by atoms with Gasteiger partial charge in [0.15, 0.2) is 0 Å². The van der Waals surface area contributed by atoms with Gasteiger partial charge in [0.25, 0.3) is 0 Å². The topological polar surface area (TPSA) is 87.7 Å². The molecule has 9 heteroatoms. The van der Waals surface area contributed by atoms with Crippen molar-refractivity contribution in [2.24, 2.45) is 0 Å². The van der Waals surface area contributed by atoms with Crippen molar-refractivity contribution in [3.05, 3.63) is 41.9 Å². The average molecular weight is 418 g/mol. The molecule has 3 heterocycles. The zero-order valence-electron chi connectivity index (χ0n) is 16.8. The minimum absolute atomic E-state index is 0.0249. The number of rotatable bonds is 4. The first-order valence-corrected chi connectivity index (χ1v) is 11.4. The van der Waals surface area contributed by atoms with Gasteiger partial charge in [-0.25, -0.2) is 18.4 Å². The van der Waals surface area contributed by atoms with Crippen LogP contribution < -0.4 is 10.2 Å². The highest BCUT2D eigenvalue weighted by atomic mass is 32.2. The number of hydrogen-bond donors (Lipinski definition) is 1. The summed E-state index contributed by atoms with van der Waals surface area (Å²) in [5.41, 5.74) is 1.82. The van der Waals surface area contributed by atoms with Crippen molar-refractivity contribution in [3.8, 4) is 0 Å². The minimum Gasteiger partial charge on any atom is -0.379 e. The first-order chi connectivity index (χ1) is 13.9. The van der Waals surface area contributed by atoms with Gasteiger partial charge < -0.3 is 15.0 Å². The van der Waals surface area contributed by atoms with E-state index in [0.29, 0.717) is 31.2 Å². The third-order valence-electron chi connectivity index (χ3n) is 5.42. The predicted molar refractivity (Wildman–Crippen MR) is 112 cm³/mol. The number of benzene rings is 1. The van der Waals surface area contributed by atoms with E-state index in [9.17, 15) is 8.42 Å². The number of morpholine rings is 1. The van der Waals surface area contributed by atoms with Crippen molar-refractivity contribution in [3.63, 3.8) is 0 Å². The molecule has 29 heavy (non-hydrogen) atoms. The number of aryl methyl sites for hydroxylation is 1. The average Bonchev–Trinajstić information content (AvgIpc) is 2.88. The first-order valence-electron chi connectivity index (χ1n) is 9.94. The Labute approximate surface area is 172 Å². The summed E-state index contributed by atoms with van der Waals surface area (Å²) in [6.07, 6.45) is 3.81. The molecule has 0 radical (unpaired) electrons. The molecule has 4 rings (SSSR count). The molecule has 8 nitrogen and oxygen atoms in total. The second-order valence-electron chi connectivity index (χ2n) is 7.50. The molecule has 1 N–H and O–H groups in total. The van der Waals surface area contributed by atoms with E-state index in [1.165, 1.54) is 4.31 Å². The quantitative estimate of drug-likeness (QED) is 0.816. The van der Waals surface area contributed by atoms with E-state index in [1.807, 2.05) is 26.2 Å². The SMILES string of the molecule is Cc1ncc2c(n1)N(C)CCCC2Nc1cccc(S(=O)(=O)N2CCOCC2)c1. The maximum atomic E-state index is 13.0. The highest BCUT2D eigenvalue weighted by molar-refractivity contribution is 7.89. The van der Waals surface area contributed by atoms with Crippen LogP contribution in [-0.2, 0) is 14.8 Å². The molecule has 2 aliphatic heterocycles. The minimum atomic E-state index is -3.53. The number of anilines is 2. The van der Waals surface area contributed by atoms with Crippen LogP contribution in [-0.4, -0.2) is 62.6 Å². The van der Waals surface area contributed by atoms with Crippen molar-refractivity contribution in [1.82, 2.24) is 14.3 Å². The van der Waals surface area contributed by atoms with E-state index in [2.05, 4.69) is 20.2 Å². The summed E-state index contributed by atoms with van der Waals surface area (Å²) in [6.45, 7) is 4.46. The lowest BCUT2D eigenvalue weighted by Gasteiger charge is -2.26. The van der Waals surface area contributed by atoms with Gasteiger partial charge in [-0.2, -0.15) is 4.31 Å². The zero-order valence-corrected chi connectivity index (χ0v) is 17.7. The van der Waals surface area contributed by atoms with E-state index in [-0.39, 0.29) is 6.04 Å². The molecule has 2 aromatic rings. The van der Waals surface area contributed by atoms with Crippen LogP contribution in [0, 0.1) is 6.92 Å². The van der Waals surface area contributed by atoms with Crippen LogP contribution in [0.15, 0.2) is 35.4 Å². The van der Waals surface area contributed by atoms with Crippen LogP contribution >= 0.6 is 0 Å². The highest BCUT2D eigenvalue weighted by Gasteiger charge is 2.27. The van der Waals surface area contributed by atoms with Gasteiger partial charge in [-0.3, -0.25) is 0 Å². The summed E-state index contributed by atoms with van der Waals surface area (Å²) in [5, 5.41) is 3.52. The Morgan fingerprint density at radius 1 is 1.21 bits per heavy atom. The van der Waals surface area contributed by atoms with Crippen molar-refractivity contribution in [2.75, 3.05) is 50.1 Å². The van der Waals surface area contributed by atoms with Crippen molar-refractivity contribution in [1.29, 1.82) is 0 Å². The lowest BCUT2D eigenvalue weighted by Crippen LogP contribution is -2.40. The molecule has 0 bridgehead atoms. The Hall–Kier alpha value is -2.23. The third kappa shape index (κ3) is 4.22. The molecule has 156 valence electrons. The van der Waals surface area contributed by atoms with Crippen LogP contribution in [0.3, 0.4) is 0 Å². The number of nitrogens with zero attached hydrogens (tertiary/aromatic N) is 4. The van der Waals surface area contributed by atoms with Crippen LogP contribution in [0.4, 0.5) is 11.5 Å². The summed E-state index contributed by atoms with van der Waals surface area (Å²) in [4.78, 5) is 11.5. The second-order valence-corrected chi connectivity index (χ2v) is 9.44. The largest absolute Gasteiger partial charge is 0.379 e. The molecular weight excluding hydrogens is 390 g/mol. The standard InChI is InChI=1S/C20H27N5O3S/c1-15-21-14-18-19(7-4-8-24(2)20(18)22-15)23-16-5-3-6-17(13-16)29(26,27)25-9-11-28-12-10-25/h3,5-6,13-14,19,23H,4,7-12H2,1-2H3. The van der Waals surface area contributed by atoms with Gasteiger partial charge in [-0.1, -0.05) is 6.07 Å². The molecule has 0 aliphatic carbocycles. The third-order valence-corrected chi connectivity index (χ3v) is 7.32. The predicted octanol–water partition coefficient (Wildman–Crippen LogP) is 2.19. The van der Waals surface area contributed by atoms with E-state index in [0.717, 1.165) is 42.3 Å². The molecule has 0 saturated carbocycles. The van der Waals surface area contributed by atoms with Crippen LogP contribution in [0.5, 0.6) is 0 Å². The highest BCUT2D eigenvalue weighted by Crippen LogP contribution is 2.33. The van der Waals surface area contributed by atoms with E-state index >= 15 is 0 Å². The molecule has 1 aromatic carbocycles. The van der Waals surface area contributed by atoms with E-state index in [4.69, 9.17) is 4.74 Å². The van der Waals surface area contributed by atoms with Gasteiger partial charge in [0.1, 0.15) is 11.6 Å². The number of ether oxygens (including phenoxy) is 1. The van der Waals surface area contributed by atoms with Crippen molar-refractivity contribution < 1.29 is 13.2 Å². The number of hydrogen-bond acceptors (Lipinski definition) is 7. The lowest BCUT2D eigenvalue weighted by molar-refractivity contribution is 0.0730. The van der Waals surface area contributed by atoms with Gasteiger partial charge in [0.05, 0.1) is 24.2 Å². The molecule has 1 fully saturated rings. The van der Waals surface area contributed by atoms with Gasteiger partial charge in [0.2, 0.25) is 10.0 Å². The zero-order chi connectivity index (χ0) is 20.4. The smallest absolute Gasteiger partial charge is 0.243 e. The monoisotopic (exact) mass is 417 g/mol. The maximum absolute atomic E-state index is 13.0. The summed E-state index contributed by atoms with van der Waals surface area (Å²) < 4.78 is 32.7. The molecule has 0 amide bonds. The number of nitrogens with one attached hydrogen (secondary N) is 1. The molecule has 2 aliphatic rings. The molecule has 1 saturated heterocycles. The Balaban J connectivity index is 1.61. The summed E-state index contributed by atoms with van der Waals surface area (Å²) >= 11 is 0. The summed E-state index contributed by atoms with van der Waals surface area (Å²) in [6, 6.07) is 7.08. The Bertz CT molecular complexity index is 976. The van der Waals surface area contributed by atoms with Crippen LogP contribution in [0.1, 0.15) is 30.3 Å². The molecule has 1 unspecified atom stereocenters. The fraction of sp³-hybridized carbons (Fsp3) is 0.500. The molecule has 0 spiro atoms. The van der Waals surface area contributed by atoms with E-state index in [1.54, 1.807) is 18.2 Å². The van der Waals surface area contributed by atoms with Crippen molar-refractivity contribution in [2.45, 2.75) is 30.7 Å². The lowest BCUT2D eigenvalue weighted by atomic mass is 10.1. The van der Waals surface area contributed by atoms with Crippen LogP contribution in [0.2, 0.25) is 0 Å². The Kier molecular flexibility index (Phi) is 5.71. The second kappa shape index (κ2) is 8.25. The fourth-order valence-electron chi connectivity index (χ4n) is 3.85. The van der Waals surface area contributed by atoms with Gasteiger partial charge in [0, 0.05) is 44.1 Å². The summed E-state index contributed by atoms with van der Waals surface area (Å²) in [7, 11) is -1.48. The summed E-state index contributed by atoms with van der Waals surface area (Å²) in [5.74, 6) is 1.68. The van der Waals surface area contributed by atoms with Crippen molar-refractivity contribution >= 4 is 21.5 Å². The van der Waals surface area contributed by atoms with Gasteiger partial charge >= 0.3 is 0 Å². The van der Waals surface area contributed by atoms with Crippen LogP contribution in [0.25, 0.3) is 0 Å². The van der Waals surface area contributed by atoms with E-state index < -0.39 is 10.0 Å². The molecule has 1 atom stereocenters. The number of aromatic nitrogens is 2. The Morgan fingerprint density at radius 3 is 2.79 bits per heavy atom.